The van der Waals surface area contributed by atoms with Crippen molar-refractivity contribution in [2.45, 2.75) is 18.8 Å². The maximum Gasteiger partial charge on any atom is 0.418 e. The molecule has 32 heavy (non-hydrogen) atoms. The van der Waals surface area contributed by atoms with Crippen molar-refractivity contribution in [1.29, 1.82) is 0 Å². The summed E-state index contributed by atoms with van der Waals surface area (Å²) >= 11 is 0. The summed E-state index contributed by atoms with van der Waals surface area (Å²) in [5, 5.41) is 8.11. The van der Waals surface area contributed by atoms with Crippen molar-refractivity contribution in [3.8, 4) is 11.6 Å². The van der Waals surface area contributed by atoms with E-state index in [1.807, 2.05) is 0 Å². The van der Waals surface area contributed by atoms with E-state index in [1.165, 1.54) is 26.6 Å². The minimum absolute atomic E-state index is 0.00533. The van der Waals surface area contributed by atoms with Gasteiger partial charge in [-0.3, -0.25) is 10.1 Å². The third-order valence-electron chi connectivity index (χ3n) is 4.70. The van der Waals surface area contributed by atoms with Crippen LogP contribution in [0.25, 0.3) is 0 Å². The fourth-order valence-electron chi connectivity index (χ4n) is 2.92. The van der Waals surface area contributed by atoms with Crippen LogP contribution < -0.4 is 25.4 Å². The summed E-state index contributed by atoms with van der Waals surface area (Å²) in [5.41, 5.74) is 1.79. The molecule has 0 unspecified atom stereocenters. The summed E-state index contributed by atoms with van der Waals surface area (Å²) in [6.45, 7) is 0. The van der Waals surface area contributed by atoms with E-state index >= 15 is 0 Å². The molecule has 1 aliphatic rings. The van der Waals surface area contributed by atoms with Gasteiger partial charge in [-0.2, -0.15) is 0 Å². The predicted molar refractivity (Wildman–Crippen MR) is 115 cm³/mol. The Morgan fingerprint density at radius 3 is 2.59 bits per heavy atom. The predicted octanol–water partition coefficient (Wildman–Crippen LogP) is 2.87. The molecule has 11 heteroatoms. The van der Waals surface area contributed by atoms with Crippen molar-refractivity contribution in [2.75, 3.05) is 24.8 Å². The molecule has 3 N–H and O–H groups in total. The van der Waals surface area contributed by atoms with Crippen molar-refractivity contribution in [3.63, 3.8) is 0 Å². The Labute approximate surface area is 183 Å². The number of nitrogens with zero attached hydrogens (tertiary/aromatic N) is 4. The van der Waals surface area contributed by atoms with Gasteiger partial charge in [-0.15, -0.1) is 0 Å². The Kier molecular flexibility index (Phi) is 6.06. The standard InChI is InChI=1S/C21H21N7O4/c1-22-19(29)15-7-14(31-2)5-6-16(15)28-21(30)32-20-18(26-13-8-23-11-24-9-13)25-10-17(27-20)12-3-4-12/h5-12H,3-4H2,1-2H3,(H,22,29)(H,25,26)(H,28,30). The van der Waals surface area contributed by atoms with E-state index in [0.29, 0.717) is 17.4 Å². The van der Waals surface area contributed by atoms with E-state index in [-0.39, 0.29) is 28.9 Å². The first-order chi connectivity index (χ1) is 15.6. The van der Waals surface area contributed by atoms with E-state index < -0.39 is 6.09 Å². The van der Waals surface area contributed by atoms with E-state index in [9.17, 15) is 9.59 Å². The first-order valence-corrected chi connectivity index (χ1v) is 9.85. The van der Waals surface area contributed by atoms with Crippen molar-refractivity contribution < 1.29 is 19.1 Å². The largest absolute Gasteiger partial charge is 0.497 e. The van der Waals surface area contributed by atoms with Crippen LogP contribution in [0.3, 0.4) is 0 Å². The van der Waals surface area contributed by atoms with Gasteiger partial charge in [-0.1, -0.05) is 0 Å². The number of anilines is 3. The Balaban J connectivity index is 1.57. The molecule has 0 aliphatic heterocycles. The number of aromatic nitrogens is 4. The zero-order valence-electron chi connectivity index (χ0n) is 17.5. The monoisotopic (exact) mass is 435 g/mol. The highest BCUT2D eigenvalue weighted by atomic mass is 16.6. The zero-order valence-corrected chi connectivity index (χ0v) is 17.5. The molecule has 4 rings (SSSR count). The summed E-state index contributed by atoms with van der Waals surface area (Å²) in [7, 11) is 2.98. The van der Waals surface area contributed by atoms with Gasteiger partial charge in [-0.25, -0.2) is 24.7 Å². The molecule has 0 saturated heterocycles. The molecule has 11 nitrogen and oxygen atoms in total. The van der Waals surface area contributed by atoms with Crippen LogP contribution >= 0.6 is 0 Å². The van der Waals surface area contributed by atoms with Crippen LogP contribution in [0, 0.1) is 0 Å². The minimum Gasteiger partial charge on any atom is -0.497 e. The SMILES string of the molecule is CNC(=O)c1cc(OC)ccc1NC(=O)Oc1nc(C2CC2)cnc1Nc1cncnc1. The number of methoxy groups -OCH3 is 1. The third-order valence-corrected chi connectivity index (χ3v) is 4.70. The smallest absolute Gasteiger partial charge is 0.418 e. The number of rotatable bonds is 7. The number of benzene rings is 1. The molecule has 0 spiro atoms. The van der Waals surface area contributed by atoms with E-state index in [4.69, 9.17) is 9.47 Å². The lowest BCUT2D eigenvalue weighted by Gasteiger charge is -2.14. The third kappa shape index (κ3) is 4.89. The lowest BCUT2D eigenvalue weighted by Crippen LogP contribution is -2.23. The van der Waals surface area contributed by atoms with Gasteiger partial charge in [0.25, 0.3) is 11.8 Å². The second kappa shape index (κ2) is 9.25. The Hall–Kier alpha value is -4.28. The molecule has 0 bridgehead atoms. The van der Waals surface area contributed by atoms with Gasteiger partial charge >= 0.3 is 6.09 Å². The number of hydrogen-bond donors (Lipinski definition) is 3. The zero-order chi connectivity index (χ0) is 22.5. The van der Waals surface area contributed by atoms with E-state index in [2.05, 4.69) is 35.9 Å². The quantitative estimate of drug-likeness (QED) is 0.511. The van der Waals surface area contributed by atoms with Crippen LogP contribution in [-0.2, 0) is 0 Å². The van der Waals surface area contributed by atoms with Crippen molar-refractivity contribution >= 4 is 29.2 Å². The summed E-state index contributed by atoms with van der Waals surface area (Å²) in [6, 6.07) is 4.69. The average molecular weight is 435 g/mol. The lowest BCUT2D eigenvalue weighted by molar-refractivity contribution is 0.0963. The van der Waals surface area contributed by atoms with Crippen LogP contribution in [0.2, 0.25) is 0 Å². The average Bonchev–Trinajstić information content (AvgIpc) is 3.66. The molecule has 1 saturated carbocycles. The molecule has 0 radical (unpaired) electrons. The molecule has 3 aromatic rings. The second-order valence-corrected chi connectivity index (χ2v) is 6.98. The highest BCUT2D eigenvalue weighted by molar-refractivity contribution is 6.03. The maximum absolute atomic E-state index is 12.7. The summed E-state index contributed by atoms with van der Waals surface area (Å²) in [4.78, 5) is 41.6. The van der Waals surface area contributed by atoms with Gasteiger partial charge < -0.3 is 20.1 Å². The molecule has 2 heterocycles. The van der Waals surface area contributed by atoms with Crippen LogP contribution in [0.4, 0.5) is 22.0 Å². The molecule has 2 aromatic heterocycles. The molecular formula is C21H21N7O4. The van der Waals surface area contributed by atoms with Crippen LogP contribution in [-0.4, -0.2) is 46.1 Å². The molecule has 1 aliphatic carbocycles. The van der Waals surface area contributed by atoms with Crippen LogP contribution in [0.15, 0.2) is 43.1 Å². The summed E-state index contributed by atoms with van der Waals surface area (Å²) in [5.74, 6) is 0.637. The molecular weight excluding hydrogens is 414 g/mol. The molecule has 164 valence electrons. The van der Waals surface area contributed by atoms with Gasteiger partial charge in [0, 0.05) is 13.0 Å². The second-order valence-electron chi connectivity index (χ2n) is 6.98. The Morgan fingerprint density at radius 2 is 1.91 bits per heavy atom. The topological polar surface area (TPSA) is 140 Å². The normalized spacial score (nSPS) is 12.6. The first kappa shape index (κ1) is 21.0. The summed E-state index contributed by atoms with van der Waals surface area (Å²) in [6.07, 6.45) is 7.37. The number of carbonyl (C=O) groups excluding carboxylic acids is 2. The van der Waals surface area contributed by atoms with Gasteiger partial charge in [0.1, 0.15) is 12.1 Å². The van der Waals surface area contributed by atoms with Crippen LogP contribution in [0.5, 0.6) is 11.6 Å². The van der Waals surface area contributed by atoms with Crippen molar-refractivity contribution in [3.05, 3.63) is 54.4 Å². The van der Waals surface area contributed by atoms with Gasteiger partial charge in [0.15, 0.2) is 5.82 Å². The fraction of sp³-hybridized carbons (Fsp3) is 0.238. The molecule has 1 aromatic carbocycles. The molecule has 1 fully saturated rings. The van der Waals surface area contributed by atoms with E-state index in [0.717, 1.165) is 18.5 Å². The highest BCUT2D eigenvalue weighted by Crippen LogP contribution is 2.40. The van der Waals surface area contributed by atoms with Gasteiger partial charge in [-0.05, 0) is 31.0 Å². The van der Waals surface area contributed by atoms with Gasteiger partial charge in [0.2, 0.25) is 0 Å². The number of nitrogens with one attached hydrogen (secondary N) is 3. The fourth-order valence-corrected chi connectivity index (χ4v) is 2.92. The number of hydrogen-bond acceptors (Lipinski definition) is 9. The number of ether oxygens (including phenoxy) is 2. The number of amides is 2. The Morgan fingerprint density at radius 1 is 1.12 bits per heavy atom. The van der Waals surface area contributed by atoms with E-state index in [1.54, 1.807) is 30.7 Å². The van der Waals surface area contributed by atoms with Crippen LogP contribution in [0.1, 0.15) is 34.8 Å². The minimum atomic E-state index is -0.824. The first-order valence-electron chi connectivity index (χ1n) is 9.85. The Bertz CT molecular complexity index is 1140. The summed E-state index contributed by atoms with van der Waals surface area (Å²) < 4.78 is 10.6. The molecule has 0 atom stereocenters. The number of carbonyl (C=O) groups is 2. The van der Waals surface area contributed by atoms with Crippen molar-refractivity contribution in [2.24, 2.45) is 0 Å². The highest BCUT2D eigenvalue weighted by Gasteiger charge is 2.27. The van der Waals surface area contributed by atoms with Gasteiger partial charge in [0.05, 0.1) is 48.3 Å². The molecule has 2 amide bonds. The van der Waals surface area contributed by atoms with Crippen molar-refractivity contribution in [1.82, 2.24) is 25.3 Å². The maximum atomic E-state index is 12.7. The lowest BCUT2D eigenvalue weighted by atomic mass is 10.1.